The Hall–Kier alpha value is -4.34. The van der Waals surface area contributed by atoms with Crippen LogP contribution >= 0.6 is 0 Å². The van der Waals surface area contributed by atoms with Gasteiger partial charge in [-0.1, -0.05) is 56.5 Å². The summed E-state index contributed by atoms with van der Waals surface area (Å²) in [5.74, 6) is -2.02. The van der Waals surface area contributed by atoms with E-state index in [1.807, 2.05) is 42.5 Å². The molecule has 49 heavy (non-hydrogen) atoms. The standard InChI is InChI=1S/C32H42N4O5S.C2HF3O2/c1-2-3-4-8-21-33-32(38)35-25-15-18-29(19-16-25)42(39,40)36-26-13-11-24(12-14-26)22-27-17-20-30(34-27)31(37)23-41-28-9-6-5-7-10-28;3-2(4,5)1(6)7/h5-7,9-16,18-19,27,30-31,34,36-37H,2-4,8,17,20-23H2,1H3,(H2,33,35,38);(H,6,7)/t27-,30+,31+;/m0./s1. The number of carbonyl (C=O) groups excluding carboxylic acids is 1. The second kappa shape index (κ2) is 19.0. The van der Waals surface area contributed by atoms with Crippen LogP contribution in [0, 0.1) is 0 Å². The van der Waals surface area contributed by atoms with Gasteiger partial charge >= 0.3 is 18.2 Å². The Balaban J connectivity index is 0.000000838. The predicted molar refractivity (Wildman–Crippen MR) is 180 cm³/mol. The van der Waals surface area contributed by atoms with Crippen molar-refractivity contribution in [2.45, 2.75) is 81.1 Å². The van der Waals surface area contributed by atoms with Gasteiger partial charge in [-0.05, 0) is 79.8 Å². The van der Waals surface area contributed by atoms with Gasteiger partial charge in [0.1, 0.15) is 18.5 Å². The summed E-state index contributed by atoms with van der Waals surface area (Å²) < 4.78 is 65.9. The Morgan fingerprint density at radius 3 is 2.18 bits per heavy atom. The first-order chi connectivity index (χ1) is 23.3. The molecule has 0 aromatic heterocycles. The minimum atomic E-state index is -5.08. The van der Waals surface area contributed by atoms with Crippen molar-refractivity contribution in [3.8, 4) is 5.75 Å². The van der Waals surface area contributed by atoms with Gasteiger partial charge in [-0.3, -0.25) is 4.72 Å². The molecule has 1 saturated heterocycles. The number of rotatable bonds is 15. The zero-order valence-electron chi connectivity index (χ0n) is 27.1. The van der Waals surface area contributed by atoms with Crippen molar-refractivity contribution >= 4 is 33.4 Å². The van der Waals surface area contributed by atoms with E-state index in [4.69, 9.17) is 14.6 Å². The first kappa shape index (κ1) is 39.1. The molecule has 3 aromatic rings. The number of alkyl halides is 3. The number of urea groups is 1. The van der Waals surface area contributed by atoms with Crippen LogP contribution in [0.5, 0.6) is 5.75 Å². The molecular weight excluding hydrogens is 665 g/mol. The van der Waals surface area contributed by atoms with E-state index < -0.39 is 28.3 Å². The molecule has 6 N–H and O–H groups in total. The van der Waals surface area contributed by atoms with E-state index in [0.717, 1.165) is 56.3 Å². The number of aliphatic carboxylic acids is 1. The van der Waals surface area contributed by atoms with E-state index in [1.54, 1.807) is 24.3 Å². The molecule has 2 amide bonds. The normalized spacial score (nSPS) is 16.5. The van der Waals surface area contributed by atoms with Crippen molar-refractivity contribution in [3.05, 3.63) is 84.4 Å². The van der Waals surface area contributed by atoms with Crippen molar-refractivity contribution in [1.29, 1.82) is 0 Å². The Morgan fingerprint density at radius 1 is 0.939 bits per heavy atom. The molecular formula is C34H43F3N4O7S. The van der Waals surface area contributed by atoms with Gasteiger partial charge in [0.15, 0.2) is 0 Å². The Morgan fingerprint density at radius 2 is 1.57 bits per heavy atom. The minimum Gasteiger partial charge on any atom is -0.491 e. The summed E-state index contributed by atoms with van der Waals surface area (Å²) in [7, 11) is -3.79. The number of sulfonamides is 1. The Labute approximate surface area is 284 Å². The monoisotopic (exact) mass is 708 g/mol. The van der Waals surface area contributed by atoms with E-state index in [1.165, 1.54) is 12.1 Å². The maximum atomic E-state index is 12.9. The second-order valence-electron chi connectivity index (χ2n) is 11.5. The molecule has 1 aliphatic heterocycles. The van der Waals surface area contributed by atoms with Crippen molar-refractivity contribution in [1.82, 2.24) is 10.6 Å². The number of carboxylic acids is 1. The zero-order chi connectivity index (χ0) is 35.9. The van der Waals surface area contributed by atoms with Gasteiger partial charge in [0.2, 0.25) is 0 Å². The summed E-state index contributed by atoms with van der Waals surface area (Å²) in [5.41, 5.74) is 2.06. The molecule has 0 aliphatic carbocycles. The fourth-order valence-corrected chi connectivity index (χ4v) is 6.04. The summed E-state index contributed by atoms with van der Waals surface area (Å²) in [6.45, 7) is 2.97. The van der Waals surface area contributed by atoms with Crippen molar-refractivity contribution in [2.24, 2.45) is 0 Å². The van der Waals surface area contributed by atoms with Crippen molar-refractivity contribution < 1.29 is 46.1 Å². The van der Waals surface area contributed by atoms with Crippen LogP contribution in [0.1, 0.15) is 51.0 Å². The van der Waals surface area contributed by atoms with E-state index in [-0.39, 0.29) is 29.6 Å². The van der Waals surface area contributed by atoms with Gasteiger partial charge in [-0.2, -0.15) is 13.2 Å². The topological polar surface area (TPSA) is 166 Å². The number of hydrogen-bond donors (Lipinski definition) is 6. The highest BCUT2D eigenvalue weighted by molar-refractivity contribution is 7.92. The number of benzene rings is 3. The molecule has 0 radical (unpaired) electrons. The molecule has 3 aromatic carbocycles. The number of nitrogens with one attached hydrogen (secondary N) is 4. The first-order valence-electron chi connectivity index (χ1n) is 16.0. The van der Waals surface area contributed by atoms with Gasteiger partial charge < -0.3 is 30.9 Å². The molecule has 4 rings (SSSR count). The smallest absolute Gasteiger partial charge is 0.490 e. The molecule has 268 valence electrons. The average molecular weight is 709 g/mol. The highest BCUT2D eigenvalue weighted by atomic mass is 32.2. The van der Waals surface area contributed by atoms with Crippen molar-refractivity contribution in [3.63, 3.8) is 0 Å². The SMILES string of the molecule is CCCCCCNC(=O)Nc1ccc(S(=O)(=O)Nc2ccc(C[C@@H]3CC[C@H]([C@H](O)COc4ccccc4)N3)cc2)cc1.O=C(O)C(F)(F)F. The molecule has 0 saturated carbocycles. The Bertz CT molecular complexity index is 1560. The summed E-state index contributed by atoms with van der Waals surface area (Å²) in [6.07, 6.45) is 1.18. The number of anilines is 2. The van der Waals surface area contributed by atoms with E-state index >= 15 is 0 Å². The summed E-state index contributed by atoms with van der Waals surface area (Å²) >= 11 is 0. The van der Waals surface area contributed by atoms with Gasteiger partial charge in [0.25, 0.3) is 10.0 Å². The highest BCUT2D eigenvalue weighted by Gasteiger charge is 2.38. The number of amides is 2. The lowest BCUT2D eigenvalue weighted by Gasteiger charge is -2.20. The molecule has 1 aliphatic rings. The van der Waals surface area contributed by atoms with Crippen LogP contribution in [0.3, 0.4) is 0 Å². The number of para-hydroxylation sites is 1. The molecule has 0 spiro atoms. The lowest BCUT2D eigenvalue weighted by Crippen LogP contribution is -2.42. The van der Waals surface area contributed by atoms with Crippen LogP contribution in [-0.4, -0.2) is 68.1 Å². The third-order valence-electron chi connectivity index (χ3n) is 7.57. The number of carbonyl (C=O) groups is 2. The van der Waals surface area contributed by atoms with Gasteiger partial charge in [0.05, 0.1) is 4.90 Å². The molecule has 0 bridgehead atoms. The fourth-order valence-electron chi connectivity index (χ4n) is 4.98. The third kappa shape index (κ3) is 14.0. The first-order valence-corrected chi connectivity index (χ1v) is 17.4. The van der Waals surface area contributed by atoms with Gasteiger partial charge in [-0.15, -0.1) is 0 Å². The summed E-state index contributed by atoms with van der Waals surface area (Å²) in [5, 5.41) is 26.7. The van der Waals surface area contributed by atoms with Crippen molar-refractivity contribution in [2.75, 3.05) is 23.2 Å². The van der Waals surface area contributed by atoms with E-state index in [9.17, 15) is 31.5 Å². The fraction of sp³-hybridized carbons (Fsp3) is 0.412. The summed E-state index contributed by atoms with van der Waals surface area (Å²) in [6, 6.07) is 22.7. The minimum absolute atomic E-state index is 0.0312. The van der Waals surface area contributed by atoms with Crippen LogP contribution < -0.4 is 25.4 Å². The van der Waals surface area contributed by atoms with Gasteiger partial charge in [-0.25, -0.2) is 18.0 Å². The molecule has 3 atom stereocenters. The number of aliphatic hydroxyl groups excluding tert-OH is 1. The molecule has 1 heterocycles. The van der Waals surface area contributed by atoms with Crippen LogP contribution in [0.15, 0.2) is 83.8 Å². The maximum Gasteiger partial charge on any atom is 0.490 e. The maximum absolute atomic E-state index is 12.9. The lowest BCUT2D eigenvalue weighted by atomic mass is 10.0. The molecule has 0 unspecified atom stereocenters. The average Bonchev–Trinajstić information content (AvgIpc) is 3.53. The lowest BCUT2D eigenvalue weighted by molar-refractivity contribution is -0.192. The van der Waals surface area contributed by atoms with Crippen LogP contribution in [0.4, 0.5) is 29.3 Å². The van der Waals surface area contributed by atoms with Crippen LogP contribution in [-0.2, 0) is 21.2 Å². The Kier molecular flexibility index (Phi) is 15.2. The largest absolute Gasteiger partial charge is 0.491 e. The number of unbranched alkanes of at least 4 members (excludes halogenated alkanes) is 3. The number of carboxylic acid groups (broad SMARTS) is 1. The molecule has 15 heteroatoms. The number of halogens is 3. The second-order valence-corrected chi connectivity index (χ2v) is 13.2. The van der Waals surface area contributed by atoms with Gasteiger partial charge in [0, 0.05) is 30.0 Å². The third-order valence-corrected chi connectivity index (χ3v) is 8.97. The zero-order valence-corrected chi connectivity index (χ0v) is 27.9. The number of hydrogen-bond acceptors (Lipinski definition) is 7. The van der Waals surface area contributed by atoms with E-state index in [2.05, 4.69) is 27.6 Å². The van der Waals surface area contributed by atoms with Crippen LogP contribution in [0.25, 0.3) is 0 Å². The van der Waals surface area contributed by atoms with Crippen LogP contribution in [0.2, 0.25) is 0 Å². The number of aliphatic hydroxyl groups is 1. The summed E-state index contributed by atoms with van der Waals surface area (Å²) in [4.78, 5) is 21.1. The number of ether oxygens (including phenoxy) is 1. The highest BCUT2D eigenvalue weighted by Crippen LogP contribution is 2.23. The molecule has 11 nitrogen and oxygen atoms in total. The van der Waals surface area contributed by atoms with E-state index in [0.29, 0.717) is 17.9 Å². The predicted octanol–water partition coefficient (Wildman–Crippen LogP) is 5.93. The quantitative estimate of drug-likeness (QED) is 0.106. The molecule has 1 fully saturated rings.